The number of fused-ring (bicyclic) bond motifs is 1. The fourth-order valence-corrected chi connectivity index (χ4v) is 6.94. The van der Waals surface area contributed by atoms with Crippen LogP contribution in [0.25, 0.3) is 33.6 Å². The van der Waals surface area contributed by atoms with Gasteiger partial charge in [-0.3, -0.25) is 19.5 Å². The smallest absolute Gasteiger partial charge is 0.407 e. The van der Waals surface area contributed by atoms with Crippen molar-refractivity contribution < 1.29 is 24.2 Å². The van der Waals surface area contributed by atoms with E-state index in [2.05, 4.69) is 15.3 Å². The van der Waals surface area contributed by atoms with Crippen molar-refractivity contribution in [2.75, 3.05) is 13.7 Å². The fraction of sp³-hybridized carbons (Fsp3) is 0.265. The average molecular weight is 646 g/mol. The lowest BCUT2D eigenvalue weighted by Gasteiger charge is -2.35. The van der Waals surface area contributed by atoms with E-state index in [1.165, 1.54) is 12.0 Å². The number of benzene rings is 2. The van der Waals surface area contributed by atoms with E-state index in [-0.39, 0.29) is 30.4 Å². The maximum absolute atomic E-state index is 12.3. The Morgan fingerprint density at radius 2 is 1.87 bits per heavy atom. The lowest BCUT2D eigenvalue weighted by Crippen LogP contribution is -2.44. The summed E-state index contributed by atoms with van der Waals surface area (Å²) in [6.07, 6.45) is 4.77. The molecule has 2 aliphatic rings. The summed E-state index contributed by atoms with van der Waals surface area (Å²) < 4.78 is 5.28. The van der Waals surface area contributed by atoms with Gasteiger partial charge in [-0.25, -0.2) is 9.78 Å². The number of nitrogens with one attached hydrogen (secondary N) is 1. The van der Waals surface area contributed by atoms with E-state index < -0.39 is 6.09 Å². The van der Waals surface area contributed by atoms with Gasteiger partial charge in [0.2, 0.25) is 11.8 Å². The molecule has 0 radical (unpaired) electrons. The largest absolute Gasteiger partial charge is 0.480 e. The number of carbonyl (C=O) groups is 3. The number of hydrogen-bond acceptors (Lipinski definition) is 6. The molecule has 2 aromatic heterocycles. The van der Waals surface area contributed by atoms with Gasteiger partial charge in [0.15, 0.2) is 6.29 Å². The van der Waals surface area contributed by atoms with Crippen molar-refractivity contribution in [3.8, 4) is 39.5 Å². The molecule has 11 heteroatoms. The molecule has 0 bridgehead atoms. The summed E-state index contributed by atoms with van der Waals surface area (Å²) in [5.74, 6) is 0.170. The Balaban J connectivity index is 1.33. The number of nitrogens with zero attached hydrogens (tertiary/aromatic N) is 3. The van der Waals surface area contributed by atoms with Gasteiger partial charge >= 0.3 is 6.09 Å². The van der Waals surface area contributed by atoms with Crippen LogP contribution in [0, 0.1) is 0 Å². The molecule has 2 atom stereocenters. The molecule has 1 saturated heterocycles. The molecule has 9 nitrogen and oxygen atoms in total. The van der Waals surface area contributed by atoms with Gasteiger partial charge in [-0.05, 0) is 61.1 Å². The van der Waals surface area contributed by atoms with E-state index in [0.717, 1.165) is 29.5 Å². The first-order valence-corrected chi connectivity index (χ1v) is 15.4. The summed E-state index contributed by atoms with van der Waals surface area (Å²) in [5, 5.41) is 13.8. The number of amides is 2. The van der Waals surface area contributed by atoms with E-state index in [9.17, 15) is 19.5 Å². The highest BCUT2D eigenvalue weighted by Gasteiger charge is 2.33. The Bertz CT molecular complexity index is 1810. The summed E-state index contributed by atoms with van der Waals surface area (Å²) in [5.41, 5.74) is 6.33. The number of ether oxygens (including phenoxy) is 1. The molecule has 0 spiro atoms. The van der Waals surface area contributed by atoms with Gasteiger partial charge in [-0.15, -0.1) is 0 Å². The van der Waals surface area contributed by atoms with Crippen LogP contribution < -0.4 is 10.1 Å². The zero-order valence-corrected chi connectivity index (χ0v) is 25.9. The number of aromatic nitrogens is 2. The second-order valence-corrected chi connectivity index (χ2v) is 11.9. The SMILES string of the molecule is COc1nc(-c2cccc(-c3ccnc(-c4ccc5c(c4)CCC[C@H]5N(C[C@@H]4CCC(=O)N4)C(=O)O)c3Cl)c2Cl)ccc1C=O. The zero-order chi connectivity index (χ0) is 31.7. The Morgan fingerprint density at radius 3 is 2.60 bits per heavy atom. The number of rotatable bonds is 8. The standard InChI is InChI=1S/C34H30Cl2N4O5/c1-45-33-21(18-41)9-12-27(39-33)26-6-3-5-24(30(26)35)25-14-15-37-32(31(25)36)20-8-11-23-19(16-20)4-2-7-28(23)40(34(43)44)17-22-10-13-29(42)38-22/h3,5-6,8-9,11-12,14-16,18,22,28H,2,4,7,10,13,17H2,1H3,(H,38,42)(H,43,44)/t22-,28+/m0/s1. The Kier molecular flexibility index (Phi) is 8.74. The van der Waals surface area contributed by atoms with Crippen molar-refractivity contribution >= 4 is 41.5 Å². The second kappa shape index (κ2) is 12.9. The van der Waals surface area contributed by atoms with Crippen LogP contribution in [0.1, 0.15) is 53.2 Å². The van der Waals surface area contributed by atoms with Crippen molar-refractivity contribution in [2.24, 2.45) is 0 Å². The van der Waals surface area contributed by atoms with Crippen LogP contribution in [0.5, 0.6) is 5.88 Å². The number of carboxylic acid groups (broad SMARTS) is 1. The molecule has 2 N–H and O–H groups in total. The minimum absolute atomic E-state index is 0.0382. The van der Waals surface area contributed by atoms with Gasteiger partial charge in [0, 0.05) is 47.5 Å². The van der Waals surface area contributed by atoms with Crippen molar-refractivity contribution in [3.05, 3.63) is 87.5 Å². The fourth-order valence-electron chi connectivity index (χ4n) is 6.30. The first kappa shape index (κ1) is 30.6. The molecule has 0 unspecified atom stereocenters. The van der Waals surface area contributed by atoms with E-state index >= 15 is 0 Å². The van der Waals surface area contributed by atoms with Crippen molar-refractivity contribution in [2.45, 2.75) is 44.2 Å². The summed E-state index contributed by atoms with van der Waals surface area (Å²) >= 11 is 14.0. The quantitative estimate of drug-likeness (QED) is 0.194. The third kappa shape index (κ3) is 5.98. The molecule has 6 rings (SSSR count). The predicted molar refractivity (Wildman–Crippen MR) is 172 cm³/mol. The molecule has 45 heavy (non-hydrogen) atoms. The van der Waals surface area contributed by atoms with Crippen LogP contribution in [0.2, 0.25) is 10.0 Å². The molecule has 2 amide bonds. The van der Waals surface area contributed by atoms with Crippen LogP contribution in [0.3, 0.4) is 0 Å². The minimum Gasteiger partial charge on any atom is -0.480 e. The van der Waals surface area contributed by atoms with E-state index in [1.54, 1.807) is 24.4 Å². The molecule has 3 heterocycles. The van der Waals surface area contributed by atoms with Gasteiger partial charge in [-0.2, -0.15) is 0 Å². The third-order valence-electron chi connectivity index (χ3n) is 8.49. The number of pyridine rings is 2. The van der Waals surface area contributed by atoms with Gasteiger partial charge < -0.3 is 15.2 Å². The van der Waals surface area contributed by atoms with Crippen LogP contribution >= 0.6 is 23.2 Å². The average Bonchev–Trinajstić information content (AvgIpc) is 3.47. The Hall–Kier alpha value is -4.47. The molecular weight excluding hydrogens is 615 g/mol. The monoisotopic (exact) mass is 644 g/mol. The maximum atomic E-state index is 12.3. The first-order chi connectivity index (χ1) is 21.8. The van der Waals surface area contributed by atoms with Crippen molar-refractivity contribution in [1.82, 2.24) is 20.2 Å². The van der Waals surface area contributed by atoms with E-state index in [1.807, 2.05) is 36.4 Å². The summed E-state index contributed by atoms with van der Waals surface area (Å²) in [4.78, 5) is 46.0. The summed E-state index contributed by atoms with van der Waals surface area (Å²) in [7, 11) is 1.45. The molecule has 230 valence electrons. The molecule has 1 aliphatic heterocycles. The van der Waals surface area contributed by atoms with Gasteiger partial charge in [0.05, 0.1) is 40.1 Å². The lowest BCUT2D eigenvalue weighted by molar-refractivity contribution is -0.119. The molecular formula is C34H30Cl2N4O5. The maximum Gasteiger partial charge on any atom is 0.407 e. The highest BCUT2D eigenvalue weighted by molar-refractivity contribution is 6.39. The Morgan fingerprint density at radius 1 is 1.07 bits per heavy atom. The highest BCUT2D eigenvalue weighted by Crippen LogP contribution is 2.43. The third-order valence-corrected chi connectivity index (χ3v) is 9.28. The number of halogens is 2. The number of carbonyl (C=O) groups excluding carboxylic acids is 2. The van der Waals surface area contributed by atoms with Gasteiger partial charge in [-0.1, -0.05) is 53.5 Å². The molecule has 4 aromatic rings. The number of methoxy groups -OCH3 is 1. The Labute approximate surface area is 270 Å². The number of aldehydes is 1. The van der Waals surface area contributed by atoms with E-state index in [0.29, 0.717) is 69.2 Å². The van der Waals surface area contributed by atoms with Crippen molar-refractivity contribution in [3.63, 3.8) is 0 Å². The lowest BCUT2D eigenvalue weighted by atomic mass is 9.85. The van der Waals surface area contributed by atoms with Crippen LogP contribution in [-0.2, 0) is 11.2 Å². The predicted octanol–water partition coefficient (Wildman–Crippen LogP) is 7.24. The van der Waals surface area contributed by atoms with Crippen LogP contribution in [0.4, 0.5) is 4.79 Å². The van der Waals surface area contributed by atoms with Gasteiger partial charge in [0.25, 0.3) is 0 Å². The molecule has 0 saturated carbocycles. The summed E-state index contributed by atoms with van der Waals surface area (Å²) in [6.45, 7) is 0.256. The topological polar surface area (TPSA) is 122 Å². The molecule has 1 aliphatic carbocycles. The summed E-state index contributed by atoms with van der Waals surface area (Å²) in [6, 6.07) is 16.2. The molecule has 1 fully saturated rings. The van der Waals surface area contributed by atoms with Gasteiger partial charge in [0.1, 0.15) is 0 Å². The normalized spacial score (nSPS) is 17.4. The molecule has 2 aromatic carbocycles. The minimum atomic E-state index is -0.997. The number of aryl methyl sites for hydroxylation is 1. The van der Waals surface area contributed by atoms with E-state index in [4.69, 9.17) is 27.9 Å². The van der Waals surface area contributed by atoms with Crippen molar-refractivity contribution in [1.29, 1.82) is 0 Å². The zero-order valence-electron chi connectivity index (χ0n) is 24.4. The first-order valence-electron chi connectivity index (χ1n) is 14.6. The van der Waals surface area contributed by atoms with Crippen LogP contribution in [-0.4, -0.2) is 58.0 Å². The van der Waals surface area contributed by atoms with Crippen LogP contribution in [0.15, 0.2) is 60.8 Å². The number of hydrogen-bond donors (Lipinski definition) is 2. The second-order valence-electron chi connectivity index (χ2n) is 11.2. The highest BCUT2D eigenvalue weighted by atomic mass is 35.5.